The number of rotatable bonds is 3. The van der Waals surface area contributed by atoms with Gasteiger partial charge in [-0.05, 0) is 66.7 Å². The minimum absolute atomic E-state index is 0.183. The molecule has 0 aromatic heterocycles. The molecule has 2 aliphatic heterocycles. The highest BCUT2D eigenvalue weighted by atomic mass is 79.9. The number of nitrogens with one attached hydrogen (secondary N) is 1. The highest BCUT2D eigenvalue weighted by Crippen LogP contribution is 2.41. The maximum Gasteiger partial charge on any atom is 0.198 e. The van der Waals surface area contributed by atoms with Crippen molar-refractivity contribution in [1.82, 2.24) is 10.2 Å². The molecule has 2 unspecified atom stereocenters. The van der Waals surface area contributed by atoms with Gasteiger partial charge in [0.1, 0.15) is 17.8 Å². The number of benzene rings is 4. The third-order valence-electron chi connectivity index (χ3n) is 6.58. The zero-order chi connectivity index (χ0) is 30.9. The summed E-state index contributed by atoms with van der Waals surface area (Å²) in [4.78, 5) is 12.2. The number of carbonyl (C=O) groups excluding carboxylic acids is 1. The van der Waals surface area contributed by atoms with E-state index < -0.39 is 6.29 Å². The Morgan fingerprint density at radius 1 is 0.860 bits per heavy atom. The molecule has 2 heterocycles. The van der Waals surface area contributed by atoms with Gasteiger partial charge in [-0.2, -0.15) is 0 Å². The van der Waals surface area contributed by atoms with Crippen molar-refractivity contribution in [2.45, 2.75) is 18.6 Å². The summed E-state index contributed by atoms with van der Waals surface area (Å²) >= 11 is 6.72. The lowest BCUT2D eigenvalue weighted by Gasteiger charge is -2.30. The largest absolute Gasteiger partial charge is 0.508 e. The first kappa shape index (κ1) is 34.2. The monoisotopic (exact) mass is 708 g/mol. The van der Waals surface area contributed by atoms with Crippen LogP contribution in [0.15, 0.2) is 118 Å². The molecule has 1 saturated heterocycles. The Kier molecular flexibility index (Phi) is 15.2. The fourth-order valence-corrected chi connectivity index (χ4v) is 5.00. The number of aliphatic hydroxyl groups is 1. The van der Waals surface area contributed by atoms with Crippen molar-refractivity contribution in [3.8, 4) is 11.5 Å². The van der Waals surface area contributed by atoms with E-state index in [1.165, 1.54) is 24.7 Å². The summed E-state index contributed by atoms with van der Waals surface area (Å²) in [7, 11) is 2.15. The number of carbonyl (C=O) groups is 1. The highest BCUT2D eigenvalue weighted by molar-refractivity contribution is 9.10. The molecule has 0 amide bonds. The summed E-state index contributed by atoms with van der Waals surface area (Å²) in [5.41, 5.74) is 3.38. The number of halogens is 2. The van der Waals surface area contributed by atoms with Crippen molar-refractivity contribution in [2.24, 2.45) is 0 Å². The van der Waals surface area contributed by atoms with Crippen LogP contribution in [0, 0.1) is 0 Å². The van der Waals surface area contributed by atoms with Gasteiger partial charge < -0.3 is 25.2 Å². The van der Waals surface area contributed by atoms with Crippen LogP contribution in [-0.2, 0) is 4.79 Å². The van der Waals surface area contributed by atoms with Crippen LogP contribution in [0.5, 0.6) is 11.5 Å². The van der Waals surface area contributed by atoms with Gasteiger partial charge in [-0.15, -0.1) is 0 Å². The molecule has 6 rings (SSSR count). The Balaban J connectivity index is 0.000000172. The smallest absolute Gasteiger partial charge is 0.198 e. The highest BCUT2D eigenvalue weighted by Gasteiger charge is 2.28. The lowest BCUT2D eigenvalue weighted by Crippen LogP contribution is -2.40. The van der Waals surface area contributed by atoms with Crippen LogP contribution in [0.3, 0.4) is 0 Å². The molecule has 2 aliphatic rings. The number of aliphatic hydroxyl groups excluding tert-OH is 1. The molecule has 2 atom stereocenters. The fraction of sp³-hybridized carbons (Fsp3) is 0.229. The molecule has 0 radical (unpaired) electrons. The Morgan fingerprint density at radius 2 is 1.47 bits per heavy atom. The normalized spacial score (nSPS) is 17.4. The number of hydrogen-bond acceptors (Lipinski definition) is 6. The zero-order valence-corrected chi connectivity index (χ0v) is 27.3. The number of likely N-dealkylation sites (N-methyl/N-ethyl adjacent to an activating group) is 1. The summed E-state index contributed by atoms with van der Waals surface area (Å²) in [6.45, 7) is 4.74. The molecule has 226 valence electrons. The molecule has 8 heteroatoms. The van der Waals surface area contributed by atoms with E-state index >= 15 is 0 Å². The van der Waals surface area contributed by atoms with E-state index in [2.05, 4.69) is 67.3 Å². The van der Waals surface area contributed by atoms with Crippen LogP contribution in [-0.4, -0.2) is 60.9 Å². The summed E-state index contributed by atoms with van der Waals surface area (Å²) < 4.78 is 7.48. The maximum absolute atomic E-state index is 9.89. The average Bonchev–Trinajstić information content (AvgIpc) is 3.03. The summed E-state index contributed by atoms with van der Waals surface area (Å²) in [6, 6.07) is 32.7. The van der Waals surface area contributed by atoms with Crippen molar-refractivity contribution in [2.75, 3.05) is 33.2 Å². The third kappa shape index (κ3) is 12.9. The predicted octanol–water partition coefficient (Wildman–Crippen LogP) is 7.26. The molecule has 0 saturated carbocycles. The van der Waals surface area contributed by atoms with Crippen LogP contribution in [0.2, 0.25) is 0 Å². The van der Waals surface area contributed by atoms with Gasteiger partial charge in [-0.1, -0.05) is 98.6 Å². The Morgan fingerprint density at radius 3 is 2.02 bits per heavy atom. The second-order valence-electron chi connectivity index (χ2n) is 9.89. The van der Waals surface area contributed by atoms with E-state index in [9.17, 15) is 9.90 Å². The summed E-state index contributed by atoms with van der Waals surface area (Å²) in [5.74, 6) is 1.25. The van der Waals surface area contributed by atoms with Crippen molar-refractivity contribution in [1.29, 1.82) is 0 Å². The van der Waals surface area contributed by atoms with E-state index in [1.54, 1.807) is 30.3 Å². The molecule has 0 aliphatic carbocycles. The van der Waals surface area contributed by atoms with Crippen LogP contribution in [0.25, 0.3) is 6.08 Å². The van der Waals surface area contributed by atoms with Crippen molar-refractivity contribution < 1.29 is 19.7 Å². The molecule has 43 heavy (non-hydrogen) atoms. The number of aldehydes is 1. The van der Waals surface area contributed by atoms with Gasteiger partial charge in [0, 0.05) is 53.0 Å². The molecule has 3 N–H and O–H groups in total. The molecule has 4 aromatic rings. The maximum atomic E-state index is 9.89. The lowest BCUT2D eigenvalue weighted by atomic mass is 9.86. The van der Waals surface area contributed by atoms with Gasteiger partial charge in [-0.3, -0.25) is 4.79 Å². The number of allylic oxidation sites excluding steroid dienone is 1. The SMILES string of the molecule is CN1CCNCC1.O=C/C=C/c1ccccc1.OC1CC(c2ccccc2)c2cc(Br)ccc2O1.Oc1ccc(Br)cc1. The molecule has 4 aromatic carbocycles. The van der Waals surface area contributed by atoms with Crippen molar-refractivity contribution in [3.63, 3.8) is 0 Å². The second kappa shape index (κ2) is 19.1. The van der Waals surface area contributed by atoms with E-state index in [4.69, 9.17) is 9.84 Å². The van der Waals surface area contributed by atoms with Gasteiger partial charge in [-0.25, -0.2) is 0 Å². The number of hydrogen-bond donors (Lipinski definition) is 3. The molecule has 0 spiro atoms. The average molecular weight is 711 g/mol. The van der Waals surface area contributed by atoms with E-state index in [0.29, 0.717) is 12.2 Å². The third-order valence-corrected chi connectivity index (χ3v) is 7.61. The predicted molar refractivity (Wildman–Crippen MR) is 181 cm³/mol. The number of nitrogens with zero attached hydrogens (tertiary/aromatic N) is 1. The number of aromatic hydroxyl groups is 1. The first-order valence-corrected chi connectivity index (χ1v) is 15.6. The van der Waals surface area contributed by atoms with E-state index in [0.717, 1.165) is 45.2 Å². The van der Waals surface area contributed by atoms with Crippen LogP contribution >= 0.6 is 31.9 Å². The Hall–Kier alpha value is -3.27. The first-order chi connectivity index (χ1) is 20.9. The quantitative estimate of drug-likeness (QED) is 0.154. The number of fused-ring (bicyclic) bond motifs is 1. The number of phenols is 1. The van der Waals surface area contributed by atoms with Crippen molar-refractivity contribution >= 4 is 44.2 Å². The van der Waals surface area contributed by atoms with Crippen LogP contribution in [0.1, 0.15) is 29.0 Å². The second-order valence-corrected chi connectivity index (χ2v) is 11.7. The standard InChI is InChI=1S/C15H13BrO2.C9H8O.C6H5BrO.C5H12N2/c16-11-6-7-14-13(8-11)12(9-15(17)18-14)10-4-2-1-3-5-10;10-8-4-7-9-5-2-1-3-6-9;7-5-1-3-6(8)4-2-5;1-7-4-2-6-3-5-7/h1-8,12,15,17H,9H2;1-8H;1-4,8H;6H,2-5H2,1H3/b;7-4+;;. The zero-order valence-electron chi connectivity index (χ0n) is 24.2. The lowest BCUT2D eigenvalue weighted by molar-refractivity contribution is -0.104. The topological polar surface area (TPSA) is 82.0 Å². The first-order valence-electron chi connectivity index (χ1n) is 14.1. The molecule has 1 fully saturated rings. The van der Waals surface area contributed by atoms with Crippen LogP contribution in [0.4, 0.5) is 0 Å². The van der Waals surface area contributed by atoms with Crippen molar-refractivity contribution in [3.05, 3.63) is 135 Å². The van der Waals surface area contributed by atoms with Gasteiger partial charge in [0.25, 0.3) is 0 Å². The fourth-order valence-electron chi connectivity index (χ4n) is 4.36. The minimum atomic E-state index is -0.733. The van der Waals surface area contributed by atoms with Gasteiger partial charge in [0.05, 0.1) is 0 Å². The number of piperazine rings is 1. The Labute approximate surface area is 271 Å². The van der Waals surface area contributed by atoms with Crippen LogP contribution < -0.4 is 10.1 Å². The summed E-state index contributed by atoms with van der Waals surface area (Å²) in [5, 5.41) is 21.8. The number of phenolic OH excluding ortho intramolecular Hbond substituents is 1. The van der Waals surface area contributed by atoms with Gasteiger partial charge in [0.2, 0.25) is 0 Å². The van der Waals surface area contributed by atoms with Gasteiger partial charge >= 0.3 is 0 Å². The van der Waals surface area contributed by atoms with E-state index in [1.807, 2.05) is 60.7 Å². The molecular formula is C35H38Br2N2O4. The van der Waals surface area contributed by atoms with E-state index in [-0.39, 0.29) is 5.92 Å². The Bertz CT molecular complexity index is 1360. The number of ether oxygens (including phenoxy) is 1. The molecule has 0 bridgehead atoms. The molecular weight excluding hydrogens is 672 g/mol. The minimum Gasteiger partial charge on any atom is -0.508 e. The summed E-state index contributed by atoms with van der Waals surface area (Å²) in [6.07, 6.45) is 3.88. The molecule has 6 nitrogen and oxygen atoms in total. The van der Waals surface area contributed by atoms with Gasteiger partial charge in [0.15, 0.2) is 6.29 Å².